The van der Waals surface area contributed by atoms with E-state index >= 15 is 0 Å². The number of H-pyrrole nitrogens is 1. The largest absolute Gasteiger partial charge is 0.347 e. The van der Waals surface area contributed by atoms with Gasteiger partial charge in [0, 0.05) is 22.7 Å². The Morgan fingerprint density at radius 2 is 1.57 bits per heavy atom. The highest BCUT2D eigenvalue weighted by Gasteiger charge is 2.12. The van der Waals surface area contributed by atoms with Crippen molar-refractivity contribution in [2.75, 3.05) is 0 Å². The number of aromatic amines is 1. The van der Waals surface area contributed by atoms with Gasteiger partial charge in [0.25, 0.3) is 11.5 Å². The molecule has 2 aromatic heterocycles. The highest BCUT2D eigenvalue weighted by molar-refractivity contribution is 7.17. The van der Waals surface area contributed by atoms with E-state index in [4.69, 9.17) is 0 Å². The molecule has 0 unspecified atom stereocenters. The van der Waals surface area contributed by atoms with Crippen molar-refractivity contribution in [3.05, 3.63) is 105 Å². The van der Waals surface area contributed by atoms with Crippen LogP contribution in [0.15, 0.2) is 77.6 Å². The molecule has 4 rings (SSSR count). The minimum absolute atomic E-state index is 0.154. The summed E-state index contributed by atoms with van der Waals surface area (Å²) in [6, 6.07) is 24.3. The van der Waals surface area contributed by atoms with E-state index in [9.17, 15) is 9.59 Å². The van der Waals surface area contributed by atoms with E-state index in [-0.39, 0.29) is 18.0 Å². The lowest BCUT2D eigenvalue weighted by Crippen LogP contribution is -2.27. The number of carbonyl (C=O) groups is 1. The van der Waals surface area contributed by atoms with Crippen LogP contribution < -0.4 is 10.9 Å². The Hall–Kier alpha value is -3.44. The van der Waals surface area contributed by atoms with Crippen molar-refractivity contribution in [1.82, 2.24) is 10.3 Å². The Balaban J connectivity index is 1.46. The molecule has 2 aromatic carbocycles. The number of hydrogen-bond acceptors (Lipinski definition) is 3. The average molecular weight is 415 g/mol. The number of aryl methyl sites for hydroxylation is 2. The Labute approximate surface area is 179 Å². The third kappa shape index (κ3) is 4.26. The van der Waals surface area contributed by atoms with Crippen molar-refractivity contribution < 1.29 is 4.79 Å². The van der Waals surface area contributed by atoms with Gasteiger partial charge >= 0.3 is 0 Å². The molecule has 2 N–H and O–H groups in total. The van der Waals surface area contributed by atoms with Gasteiger partial charge in [0.15, 0.2) is 0 Å². The summed E-state index contributed by atoms with van der Waals surface area (Å²) in [6.07, 6.45) is 0. The lowest BCUT2D eigenvalue weighted by atomic mass is 10.0. The average Bonchev–Trinajstić information content (AvgIpc) is 3.24. The van der Waals surface area contributed by atoms with E-state index in [0.29, 0.717) is 10.4 Å². The molecule has 150 valence electrons. The van der Waals surface area contributed by atoms with Crippen LogP contribution in [0.4, 0.5) is 0 Å². The van der Waals surface area contributed by atoms with E-state index < -0.39 is 0 Å². The van der Waals surface area contributed by atoms with Crippen LogP contribution in [0.3, 0.4) is 0 Å². The molecule has 5 heteroatoms. The maximum Gasteiger partial charge on any atom is 0.261 e. The van der Waals surface area contributed by atoms with Gasteiger partial charge in [-0.1, -0.05) is 54.6 Å². The van der Waals surface area contributed by atoms with Crippen molar-refractivity contribution in [3.8, 4) is 21.6 Å². The first-order chi connectivity index (χ1) is 14.5. The highest BCUT2D eigenvalue weighted by atomic mass is 32.1. The van der Waals surface area contributed by atoms with Gasteiger partial charge in [-0.15, -0.1) is 11.3 Å². The second-order valence-corrected chi connectivity index (χ2v) is 8.32. The number of aromatic nitrogens is 1. The van der Waals surface area contributed by atoms with Crippen LogP contribution in [0, 0.1) is 13.8 Å². The van der Waals surface area contributed by atoms with Gasteiger partial charge in [-0.25, -0.2) is 0 Å². The van der Waals surface area contributed by atoms with Crippen LogP contribution in [0.2, 0.25) is 0 Å². The maximum absolute atomic E-state index is 12.6. The number of pyridine rings is 1. The van der Waals surface area contributed by atoms with Crippen LogP contribution in [0.5, 0.6) is 0 Å². The van der Waals surface area contributed by atoms with Gasteiger partial charge in [-0.05, 0) is 54.3 Å². The summed E-state index contributed by atoms with van der Waals surface area (Å²) in [6.45, 7) is 3.93. The first-order valence-electron chi connectivity index (χ1n) is 9.74. The Bertz CT molecular complexity index is 1240. The molecule has 0 spiro atoms. The molecule has 0 aliphatic heterocycles. The monoisotopic (exact) mass is 414 g/mol. The number of carbonyl (C=O) groups excluding carboxylic acids is 1. The van der Waals surface area contributed by atoms with Crippen LogP contribution in [0.25, 0.3) is 21.6 Å². The minimum Gasteiger partial charge on any atom is -0.347 e. The Morgan fingerprint density at radius 1 is 0.900 bits per heavy atom. The van der Waals surface area contributed by atoms with E-state index in [0.717, 1.165) is 27.3 Å². The van der Waals surface area contributed by atoms with Gasteiger partial charge in [-0.2, -0.15) is 0 Å². The summed E-state index contributed by atoms with van der Waals surface area (Å²) in [7, 11) is 0. The first-order valence-corrected chi connectivity index (χ1v) is 10.6. The Morgan fingerprint density at radius 3 is 2.27 bits per heavy atom. The zero-order chi connectivity index (χ0) is 21.1. The van der Waals surface area contributed by atoms with Crippen LogP contribution in [0.1, 0.15) is 26.5 Å². The van der Waals surface area contributed by atoms with E-state index in [1.165, 1.54) is 16.9 Å². The number of nitrogens with one attached hydrogen (secondary N) is 2. The molecular weight excluding hydrogens is 392 g/mol. The molecule has 0 radical (unpaired) electrons. The summed E-state index contributed by atoms with van der Waals surface area (Å²) >= 11 is 1.44. The predicted octanol–water partition coefficient (Wildman–Crippen LogP) is 5.32. The smallest absolute Gasteiger partial charge is 0.261 e. The molecule has 0 aliphatic carbocycles. The fourth-order valence-corrected chi connectivity index (χ4v) is 4.36. The summed E-state index contributed by atoms with van der Waals surface area (Å²) in [5.41, 5.74) is 5.53. The summed E-state index contributed by atoms with van der Waals surface area (Å²) in [5.74, 6) is -0.175. The molecule has 0 saturated carbocycles. The van der Waals surface area contributed by atoms with Crippen molar-refractivity contribution in [3.63, 3.8) is 0 Å². The van der Waals surface area contributed by atoms with Gasteiger partial charge in [0.2, 0.25) is 0 Å². The second-order valence-electron chi connectivity index (χ2n) is 7.23. The lowest BCUT2D eigenvalue weighted by Gasteiger charge is -2.07. The molecule has 2 heterocycles. The maximum atomic E-state index is 12.6. The van der Waals surface area contributed by atoms with E-state index in [1.807, 2.05) is 50.2 Å². The SMILES string of the molecule is Cc1cc(C)c(CNC(=O)c2ccc(-c3ccc(-c4ccccc4)cc3)s2)c(=O)[nH]1. The standard InChI is InChI=1S/C25H22N2O2S/c1-16-14-17(2)27-24(28)21(16)15-26-25(29)23-13-12-22(30-23)20-10-8-19(9-11-20)18-6-4-3-5-7-18/h3-14H,15H2,1-2H3,(H,26,29)(H,27,28). The zero-order valence-corrected chi connectivity index (χ0v) is 17.7. The second kappa shape index (κ2) is 8.51. The van der Waals surface area contributed by atoms with Crippen LogP contribution in [-0.4, -0.2) is 10.9 Å². The molecular formula is C25H22N2O2S. The number of hydrogen-bond donors (Lipinski definition) is 2. The van der Waals surface area contributed by atoms with Gasteiger partial charge < -0.3 is 10.3 Å². The van der Waals surface area contributed by atoms with Gasteiger partial charge in [0.1, 0.15) is 0 Å². The van der Waals surface area contributed by atoms with Crippen molar-refractivity contribution in [2.24, 2.45) is 0 Å². The molecule has 4 aromatic rings. The van der Waals surface area contributed by atoms with Crippen molar-refractivity contribution in [1.29, 1.82) is 0 Å². The number of thiophene rings is 1. The third-order valence-electron chi connectivity index (χ3n) is 5.03. The lowest BCUT2D eigenvalue weighted by molar-refractivity contribution is 0.0955. The summed E-state index contributed by atoms with van der Waals surface area (Å²) < 4.78 is 0. The van der Waals surface area contributed by atoms with Crippen molar-refractivity contribution >= 4 is 17.2 Å². The zero-order valence-electron chi connectivity index (χ0n) is 16.9. The molecule has 4 nitrogen and oxygen atoms in total. The summed E-state index contributed by atoms with van der Waals surface area (Å²) in [4.78, 5) is 29.1. The fraction of sp³-hybridized carbons (Fsp3) is 0.120. The van der Waals surface area contributed by atoms with E-state index in [2.05, 4.69) is 46.7 Å². The summed E-state index contributed by atoms with van der Waals surface area (Å²) in [5, 5.41) is 2.86. The topological polar surface area (TPSA) is 62.0 Å². The van der Waals surface area contributed by atoms with Crippen molar-refractivity contribution in [2.45, 2.75) is 20.4 Å². The van der Waals surface area contributed by atoms with Gasteiger partial charge in [-0.3, -0.25) is 9.59 Å². The number of benzene rings is 2. The number of amides is 1. The molecule has 30 heavy (non-hydrogen) atoms. The van der Waals surface area contributed by atoms with Crippen LogP contribution >= 0.6 is 11.3 Å². The molecule has 0 atom stereocenters. The third-order valence-corrected chi connectivity index (χ3v) is 6.16. The Kier molecular flexibility index (Phi) is 5.63. The first kappa shape index (κ1) is 19.9. The van der Waals surface area contributed by atoms with E-state index in [1.54, 1.807) is 0 Å². The fourth-order valence-electron chi connectivity index (χ4n) is 3.43. The molecule has 0 fully saturated rings. The molecule has 0 saturated heterocycles. The molecule has 0 aliphatic rings. The predicted molar refractivity (Wildman–Crippen MR) is 123 cm³/mol. The highest BCUT2D eigenvalue weighted by Crippen LogP contribution is 2.30. The molecule has 1 amide bonds. The number of rotatable bonds is 5. The van der Waals surface area contributed by atoms with Crippen LogP contribution in [-0.2, 0) is 6.54 Å². The normalized spacial score (nSPS) is 10.7. The van der Waals surface area contributed by atoms with Gasteiger partial charge in [0.05, 0.1) is 4.88 Å². The quantitative estimate of drug-likeness (QED) is 0.464. The minimum atomic E-state index is -0.175. The molecule has 0 bridgehead atoms.